The van der Waals surface area contributed by atoms with Crippen LogP contribution in [-0.4, -0.2) is 22.3 Å². The first-order valence-electron chi connectivity index (χ1n) is 6.90. The first-order valence-corrected chi connectivity index (χ1v) is 7.82. The smallest absolute Gasteiger partial charge is 0.252 e. The number of rotatable bonds is 5. The first-order chi connectivity index (χ1) is 9.61. The molecule has 0 radical (unpaired) electrons. The van der Waals surface area contributed by atoms with Crippen LogP contribution in [0.25, 0.3) is 10.9 Å². The number of carbonyl (C=O) groups excluding carboxylic acids is 1. The van der Waals surface area contributed by atoms with E-state index in [2.05, 4.69) is 33.2 Å². The Morgan fingerprint density at radius 3 is 2.90 bits per heavy atom. The van der Waals surface area contributed by atoms with E-state index in [1.807, 2.05) is 37.3 Å². The van der Waals surface area contributed by atoms with Crippen molar-refractivity contribution in [1.29, 1.82) is 0 Å². The van der Waals surface area contributed by atoms with Crippen LogP contribution in [0.3, 0.4) is 0 Å². The van der Waals surface area contributed by atoms with E-state index < -0.39 is 0 Å². The minimum atomic E-state index is -0.0350. The Balaban J connectivity index is 2.21. The molecule has 2 rings (SSSR count). The highest BCUT2D eigenvalue weighted by Crippen LogP contribution is 2.18. The van der Waals surface area contributed by atoms with Gasteiger partial charge in [0.05, 0.1) is 11.1 Å². The largest absolute Gasteiger partial charge is 0.351 e. The Labute approximate surface area is 127 Å². The lowest BCUT2D eigenvalue weighted by atomic mass is 10.1. The van der Waals surface area contributed by atoms with Crippen molar-refractivity contribution >= 4 is 32.7 Å². The Kier molecular flexibility index (Phi) is 5.12. The zero-order chi connectivity index (χ0) is 14.5. The maximum atomic E-state index is 12.4. The Bertz CT molecular complexity index is 612. The molecule has 1 aromatic heterocycles. The average Bonchev–Trinajstić information content (AvgIpc) is 2.44. The first kappa shape index (κ1) is 15.0. The SMILES string of the molecule is CCCC(Br)CNC(=O)c1cc(C)nc2ccccc12. The predicted octanol–water partition coefficient (Wildman–Crippen LogP) is 3.84. The van der Waals surface area contributed by atoms with E-state index in [0.717, 1.165) is 29.4 Å². The molecule has 1 N–H and O–H groups in total. The van der Waals surface area contributed by atoms with Crippen molar-refractivity contribution in [2.75, 3.05) is 6.54 Å². The van der Waals surface area contributed by atoms with E-state index in [4.69, 9.17) is 0 Å². The maximum absolute atomic E-state index is 12.4. The average molecular weight is 335 g/mol. The highest BCUT2D eigenvalue weighted by molar-refractivity contribution is 9.09. The third-order valence-electron chi connectivity index (χ3n) is 3.17. The molecule has 0 aliphatic carbocycles. The molecule has 1 aromatic carbocycles. The second-order valence-electron chi connectivity index (χ2n) is 4.92. The second-order valence-corrected chi connectivity index (χ2v) is 6.22. The van der Waals surface area contributed by atoms with Crippen molar-refractivity contribution in [2.24, 2.45) is 0 Å². The number of benzene rings is 1. The monoisotopic (exact) mass is 334 g/mol. The molecular formula is C16H19BrN2O. The standard InChI is InChI=1S/C16H19BrN2O/c1-3-6-12(17)10-18-16(20)14-9-11(2)19-15-8-5-4-7-13(14)15/h4-5,7-9,12H,3,6,10H2,1-2H3,(H,18,20). The second kappa shape index (κ2) is 6.84. The summed E-state index contributed by atoms with van der Waals surface area (Å²) < 4.78 is 0. The summed E-state index contributed by atoms with van der Waals surface area (Å²) in [4.78, 5) is 17.1. The van der Waals surface area contributed by atoms with Gasteiger partial charge < -0.3 is 5.32 Å². The van der Waals surface area contributed by atoms with E-state index in [1.165, 1.54) is 0 Å². The number of para-hydroxylation sites is 1. The van der Waals surface area contributed by atoms with Crippen LogP contribution < -0.4 is 5.32 Å². The van der Waals surface area contributed by atoms with Gasteiger partial charge in [-0.05, 0) is 25.5 Å². The van der Waals surface area contributed by atoms with Crippen LogP contribution >= 0.6 is 15.9 Å². The van der Waals surface area contributed by atoms with Gasteiger partial charge in [0.25, 0.3) is 5.91 Å². The van der Waals surface area contributed by atoms with Gasteiger partial charge in [-0.25, -0.2) is 0 Å². The van der Waals surface area contributed by atoms with Crippen LogP contribution in [-0.2, 0) is 0 Å². The van der Waals surface area contributed by atoms with Crippen LogP contribution in [0.1, 0.15) is 35.8 Å². The molecule has 1 amide bonds. The number of halogens is 1. The Morgan fingerprint density at radius 2 is 2.15 bits per heavy atom. The quantitative estimate of drug-likeness (QED) is 0.844. The number of hydrogen-bond donors (Lipinski definition) is 1. The zero-order valence-electron chi connectivity index (χ0n) is 11.8. The molecule has 0 fully saturated rings. The summed E-state index contributed by atoms with van der Waals surface area (Å²) in [7, 11) is 0. The van der Waals surface area contributed by atoms with E-state index in [1.54, 1.807) is 0 Å². The number of nitrogens with one attached hydrogen (secondary N) is 1. The summed E-state index contributed by atoms with van der Waals surface area (Å²) in [6.07, 6.45) is 2.15. The number of alkyl halides is 1. The van der Waals surface area contributed by atoms with Crippen LogP contribution in [0.5, 0.6) is 0 Å². The summed E-state index contributed by atoms with van der Waals surface area (Å²) in [6.45, 7) is 4.69. The van der Waals surface area contributed by atoms with Gasteiger partial charge in [-0.3, -0.25) is 9.78 Å². The van der Waals surface area contributed by atoms with Gasteiger partial charge in [-0.2, -0.15) is 0 Å². The van der Waals surface area contributed by atoms with Gasteiger partial charge in [0.1, 0.15) is 0 Å². The van der Waals surface area contributed by atoms with E-state index >= 15 is 0 Å². The molecule has 1 heterocycles. The van der Waals surface area contributed by atoms with Gasteiger partial charge in [0, 0.05) is 22.5 Å². The number of aryl methyl sites for hydroxylation is 1. The van der Waals surface area contributed by atoms with Crippen LogP contribution in [0.15, 0.2) is 30.3 Å². The van der Waals surface area contributed by atoms with Crippen molar-refractivity contribution in [1.82, 2.24) is 10.3 Å². The highest BCUT2D eigenvalue weighted by atomic mass is 79.9. The molecule has 106 valence electrons. The topological polar surface area (TPSA) is 42.0 Å². The zero-order valence-corrected chi connectivity index (χ0v) is 13.4. The minimum Gasteiger partial charge on any atom is -0.351 e. The summed E-state index contributed by atoms with van der Waals surface area (Å²) >= 11 is 3.58. The summed E-state index contributed by atoms with van der Waals surface area (Å²) in [5, 5.41) is 3.89. The molecule has 4 heteroatoms. The lowest BCUT2D eigenvalue weighted by molar-refractivity contribution is 0.0955. The van der Waals surface area contributed by atoms with Crippen molar-refractivity contribution in [2.45, 2.75) is 31.5 Å². The summed E-state index contributed by atoms with van der Waals surface area (Å²) in [5.74, 6) is -0.0350. The molecule has 3 nitrogen and oxygen atoms in total. The molecule has 1 atom stereocenters. The molecule has 0 saturated carbocycles. The van der Waals surface area contributed by atoms with Crippen LogP contribution in [0, 0.1) is 6.92 Å². The van der Waals surface area contributed by atoms with Crippen LogP contribution in [0.2, 0.25) is 0 Å². The fourth-order valence-corrected chi connectivity index (χ4v) is 2.83. The summed E-state index contributed by atoms with van der Waals surface area (Å²) in [5.41, 5.74) is 2.42. The van der Waals surface area contributed by atoms with Gasteiger partial charge in [0.15, 0.2) is 0 Å². The van der Waals surface area contributed by atoms with Crippen molar-refractivity contribution in [3.05, 3.63) is 41.6 Å². The van der Waals surface area contributed by atoms with Crippen LogP contribution in [0.4, 0.5) is 0 Å². The molecule has 1 unspecified atom stereocenters. The lowest BCUT2D eigenvalue weighted by Gasteiger charge is -2.12. The van der Waals surface area contributed by atoms with E-state index in [0.29, 0.717) is 16.9 Å². The van der Waals surface area contributed by atoms with E-state index in [9.17, 15) is 4.79 Å². The molecule has 0 bridgehead atoms. The number of aromatic nitrogens is 1. The Hall–Kier alpha value is -1.42. The third-order valence-corrected chi connectivity index (χ3v) is 3.96. The fourth-order valence-electron chi connectivity index (χ4n) is 2.21. The molecule has 0 saturated heterocycles. The minimum absolute atomic E-state index is 0.0350. The van der Waals surface area contributed by atoms with Crippen molar-refractivity contribution in [3.8, 4) is 0 Å². The molecule has 20 heavy (non-hydrogen) atoms. The number of carbonyl (C=O) groups is 1. The van der Waals surface area contributed by atoms with E-state index in [-0.39, 0.29) is 5.91 Å². The summed E-state index contributed by atoms with van der Waals surface area (Å²) in [6, 6.07) is 9.59. The molecule has 0 aliphatic heterocycles. The van der Waals surface area contributed by atoms with Crippen molar-refractivity contribution < 1.29 is 4.79 Å². The fraction of sp³-hybridized carbons (Fsp3) is 0.375. The molecule has 2 aromatic rings. The lowest BCUT2D eigenvalue weighted by Crippen LogP contribution is -2.29. The Morgan fingerprint density at radius 1 is 1.40 bits per heavy atom. The third kappa shape index (κ3) is 3.57. The predicted molar refractivity (Wildman–Crippen MR) is 86.4 cm³/mol. The number of fused-ring (bicyclic) bond motifs is 1. The number of nitrogens with zero attached hydrogens (tertiary/aromatic N) is 1. The van der Waals surface area contributed by atoms with Gasteiger partial charge in [-0.1, -0.05) is 47.5 Å². The number of pyridine rings is 1. The number of hydrogen-bond acceptors (Lipinski definition) is 2. The number of amides is 1. The maximum Gasteiger partial charge on any atom is 0.252 e. The van der Waals surface area contributed by atoms with Gasteiger partial charge in [0.2, 0.25) is 0 Å². The molecule has 0 aliphatic rings. The molecular weight excluding hydrogens is 316 g/mol. The highest BCUT2D eigenvalue weighted by Gasteiger charge is 2.12. The van der Waals surface area contributed by atoms with Gasteiger partial charge >= 0.3 is 0 Å². The van der Waals surface area contributed by atoms with Gasteiger partial charge in [-0.15, -0.1) is 0 Å². The molecule has 0 spiro atoms. The normalized spacial score (nSPS) is 12.3. The van der Waals surface area contributed by atoms with Crippen molar-refractivity contribution in [3.63, 3.8) is 0 Å².